The standard InChI is InChI=1S/C21H22ClF3N4O3/c1-20(2,11-30)18(31)26-10-12-3-8-16(22)15(9-12)17-27-19(32)29(28-17)14-6-4-13(5-7-14)21(23,24)25/h3-9,18,26,30-31H,10-11H2,1-2H3,(H,27,28,32). The predicted molar refractivity (Wildman–Crippen MR) is 113 cm³/mol. The SMILES string of the molecule is CC(C)(CO)C(O)NCc1ccc(Cl)c(-c2nn(-c3ccc(C(F)(F)F)cc3)c(=O)[nH]2)c1. The lowest BCUT2D eigenvalue weighted by atomic mass is 9.92. The quantitative estimate of drug-likeness (QED) is 0.397. The first-order valence-electron chi connectivity index (χ1n) is 9.60. The van der Waals surface area contributed by atoms with Crippen LogP contribution in [0.2, 0.25) is 5.02 Å². The molecule has 0 saturated heterocycles. The van der Waals surface area contributed by atoms with Crippen LogP contribution in [0.25, 0.3) is 17.1 Å². The van der Waals surface area contributed by atoms with E-state index < -0.39 is 29.1 Å². The molecule has 1 heterocycles. The van der Waals surface area contributed by atoms with E-state index in [0.29, 0.717) is 10.6 Å². The normalized spacial score (nSPS) is 13.4. The number of rotatable bonds is 7. The second kappa shape index (κ2) is 9.07. The molecule has 0 bridgehead atoms. The molecule has 172 valence electrons. The maximum atomic E-state index is 12.8. The van der Waals surface area contributed by atoms with Crippen molar-refractivity contribution >= 4 is 11.6 Å². The Bertz CT molecular complexity index is 1140. The number of hydrogen-bond donors (Lipinski definition) is 4. The second-order valence-electron chi connectivity index (χ2n) is 7.98. The van der Waals surface area contributed by atoms with E-state index in [9.17, 15) is 28.2 Å². The maximum absolute atomic E-state index is 12.8. The average Bonchev–Trinajstić information content (AvgIpc) is 3.13. The third-order valence-corrected chi connectivity index (χ3v) is 5.32. The van der Waals surface area contributed by atoms with Gasteiger partial charge < -0.3 is 10.2 Å². The minimum Gasteiger partial charge on any atom is -0.396 e. The van der Waals surface area contributed by atoms with Crippen LogP contribution < -0.4 is 11.0 Å². The first kappa shape index (κ1) is 24.0. The molecular weight excluding hydrogens is 449 g/mol. The predicted octanol–water partition coefficient (Wildman–Crippen LogP) is 3.33. The molecule has 0 saturated carbocycles. The topological polar surface area (TPSA) is 103 Å². The van der Waals surface area contributed by atoms with E-state index in [1.807, 2.05) is 0 Å². The number of H-pyrrole nitrogens is 1. The number of nitrogens with one attached hydrogen (secondary N) is 2. The number of aromatic amines is 1. The second-order valence-corrected chi connectivity index (χ2v) is 8.39. The van der Waals surface area contributed by atoms with Gasteiger partial charge in [0.2, 0.25) is 0 Å². The van der Waals surface area contributed by atoms with Crippen molar-refractivity contribution in [2.75, 3.05) is 6.61 Å². The van der Waals surface area contributed by atoms with Gasteiger partial charge in [0.15, 0.2) is 5.82 Å². The van der Waals surface area contributed by atoms with Crippen LogP contribution in [-0.4, -0.2) is 37.8 Å². The van der Waals surface area contributed by atoms with Gasteiger partial charge in [0.05, 0.1) is 22.9 Å². The van der Waals surface area contributed by atoms with Crippen LogP contribution in [0.15, 0.2) is 47.3 Å². The summed E-state index contributed by atoms with van der Waals surface area (Å²) < 4.78 is 39.3. The van der Waals surface area contributed by atoms with Crippen molar-refractivity contribution in [3.05, 3.63) is 69.1 Å². The highest BCUT2D eigenvalue weighted by atomic mass is 35.5. The molecule has 0 spiro atoms. The van der Waals surface area contributed by atoms with E-state index in [4.69, 9.17) is 11.6 Å². The lowest BCUT2D eigenvalue weighted by Crippen LogP contribution is -2.43. The molecule has 0 aliphatic heterocycles. The number of alkyl halides is 3. The Morgan fingerprint density at radius 1 is 1.19 bits per heavy atom. The highest BCUT2D eigenvalue weighted by Gasteiger charge is 2.30. The molecule has 0 fully saturated rings. The Morgan fingerprint density at radius 2 is 1.84 bits per heavy atom. The van der Waals surface area contributed by atoms with Gasteiger partial charge in [-0.2, -0.15) is 17.9 Å². The zero-order valence-electron chi connectivity index (χ0n) is 17.2. The fourth-order valence-corrected chi connectivity index (χ4v) is 3.06. The summed E-state index contributed by atoms with van der Waals surface area (Å²) in [5, 5.41) is 26.9. The Kier molecular flexibility index (Phi) is 6.80. The molecule has 1 aromatic heterocycles. The molecule has 32 heavy (non-hydrogen) atoms. The summed E-state index contributed by atoms with van der Waals surface area (Å²) in [5.41, 5.74) is -0.930. The summed E-state index contributed by atoms with van der Waals surface area (Å²) in [4.78, 5) is 14.9. The fraction of sp³-hybridized carbons (Fsp3) is 0.333. The molecule has 7 nitrogen and oxygen atoms in total. The van der Waals surface area contributed by atoms with Gasteiger partial charge in [-0.1, -0.05) is 31.5 Å². The lowest BCUT2D eigenvalue weighted by molar-refractivity contribution is -0.137. The van der Waals surface area contributed by atoms with E-state index in [0.717, 1.165) is 34.5 Å². The summed E-state index contributed by atoms with van der Waals surface area (Å²) in [6.07, 6.45) is -5.45. The molecule has 11 heteroatoms. The van der Waals surface area contributed by atoms with Crippen LogP contribution in [-0.2, 0) is 12.7 Å². The van der Waals surface area contributed by atoms with Crippen molar-refractivity contribution in [1.82, 2.24) is 20.1 Å². The molecule has 4 N–H and O–H groups in total. The van der Waals surface area contributed by atoms with Gasteiger partial charge in [-0.05, 0) is 42.0 Å². The third-order valence-electron chi connectivity index (χ3n) is 4.99. The Labute approximate surface area is 186 Å². The summed E-state index contributed by atoms with van der Waals surface area (Å²) in [6.45, 7) is 3.45. The number of aromatic nitrogens is 3. The van der Waals surface area contributed by atoms with Crippen LogP contribution in [0.3, 0.4) is 0 Å². The molecule has 3 aromatic rings. The van der Waals surface area contributed by atoms with Crippen LogP contribution in [0.5, 0.6) is 0 Å². The van der Waals surface area contributed by atoms with Gasteiger partial charge >= 0.3 is 11.9 Å². The van der Waals surface area contributed by atoms with Crippen molar-refractivity contribution in [2.24, 2.45) is 5.41 Å². The van der Waals surface area contributed by atoms with Gasteiger partial charge in [-0.3, -0.25) is 10.3 Å². The minimum absolute atomic E-state index is 0.137. The smallest absolute Gasteiger partial charge is 0.396 e. The maximum Gasteiger partial charge on any atom is 0.416 e. The van der Waals surface area contributed by atoms with E-state index in [-0.39, 0.29) is 24.7 Å². The largest absolute Gasteiger partial charge is 0.416 e. The summed E-state index contributed by atoms with van der Waals surface area (Å²) in [6, 6.07) is 9.05. The summed E-state index contributed by atoms with van der Waals surface area (Å²) in [5.74, 6) is 0.137. The fourth-order valence-electron chi connectivity index (χ4n) is 2.85. The minimum atomic E-state index is -4.48. The van der Waals surface area contributed by atoms with Gasteiger partial charge in [-0.15, -0.1) is 5.10 Å². The van der Waals surface area contributed by atoms with Crippen molar-refractivity contribution < 1.29 is 23.4 Å². The number of benzene rings is 2. The number of hydrogen-bond acceptors (Lipinski definition) is 5. The Hall–Kier alpha value is -2.66. The zero-order valence-corrected chi connectivity index (χ0v) is 18.0. The number of aliphatic hydroxyl groups excluding tert-OH is 2. The lowest BCUT2D eigenvalue weighted by Gasteiger charge is -2.29. The van der Waals surface area contributed by atoms with Crippen LogP contribution in [0, 0.1) is 5.41 Å². The van der Waals surface area contributed by atoms with Crippen molar-refractivity contribution in [2.45, 2.75) is 32.8 Å². The van der Waals surface area contributed by atoms with Gasteiger partial charge in [0, 0.05) is 17.5 Å². The number of nitrogens with zero attached hydrogens (tertiary/aromatic N) is 2. The molecule has 2 aromatic carbocycles. The summed E-state index contributed by atoms with van der Waals surface area (Å²) >= 11 is 6.27. The van der Waals surface area contributed by atoms with Gasteiger partial charge in [-0.25, -0.2) is 4.79 Å². The molecular formula is C21H22ClF3N4O3. The molecule has 0 amide bonds. The van der Waals surface area contributed by atoms with Gasteiger partial charge in [0.25, 0.3) is 0 Å². The highest BCUT2D eigenvalue weighted by molar-refractivity contribution is 6.33. The Balaban J connectivity index is 1.86. The summed E-state index contributed by atoms with van der Waals surface area (Å²) in [7, 11) is 0. The van der Waals surface area contributed by atoms with E-state index in [1.165, 1.54) is 0 Å². The first-order valence-corrected chi connectivity index (χ1v) is 9.98. The average molecular weight is 471 g/mol. The van der Waals surface area contributed by atoms with Crippen molar-refractivity contribution in [1.29, 1.82) is 0 Å². The molecule has 3 rings (SSSR count). The van der Waals surface area contributed by atoms with Crippen molar-refractivity contribution in [3.63, 3.8) is 0 Å². The number of halogens is 4. The molecule has 0 aliphatic rings. The number of aliphatic hydroxyl groups is 2. The molecule has 1 atom stereocenters. The zero-order chi connectivity index (χ0) is 23.7. The molecule has 0 radical (unpaired) electrons. The van der Waals surface area contributed by atoms with E-state index >= 15 is 0 Å². The van der Waals surface area contributed by atoms with E-state index in [2.05, 4.69) is 15.4 Å². The van der Waals surface area contributed by atoms with Crippen LogP contribution >= 0.6 is 11.6 Å². The Morgan fingerprint density at radius 3 is 2.44 bits per heavy atom. The van der Waals surface area contributed by atoms with E-state index in [1.54, 1.807) is 32.0 Å². The first-order chi connectivity index (χ1) is 14.9. The highest BCUT2D eigenvalue weighted by Crippen LogP contribution is 2.30. The third kappa shape index (κ3) is 5.21. The molecule has 0 aliphatic carbocycles. The monoisotopic (exact) mass is 470 g/mol. The van der Waals surface area contributed by atoms with Crippen LogP contribution in [0.1, 0.15) is 25.0 Å². The van der Waals surface area contributed by atoms with Crippen LogP contribution in [0.4, 0.5) is 13.2 Å². The molecule has 1 unspecified atom stereocenters. The van der Waals surface area contributed by atoms with Gasteiger partial charge in [0.1, 0.15) is 6.23 Å². The van der Waals surface area contributed by atoms with Crippen molar-refractivity contribution in [3.8, 4) is 17.1 Å².